The Balaban J connectivity index is 1.66. The predicted octanol–water partition coefficient (Wildman–Crippen LogP) is 4.45. The lowest BCUT2D eigenvalue weighted by molar-refractivity contribution is 0.0777. The predicted molar refractivity (Wildman–Crippen MR) is 136 cm³/mol. The number of aromatic nitrogens is 4. The average molecular weight is 478 g/mol. The smallest absolute Gasteiger partial charge is 0.264 e. The number of aryl methyl sites for hydroxylation is 2. The average Bonchev–Trinajstić information content (AvgIpc) is 3.41. The third-order valence-electron chi connectivity index (χ3n) is 5.69. The number of fused-ring (bicyclic) bond motifs is 1. The molecule has 1 amide bonds. The van der Waals surface area contributed by atoms with Crippen LogP contribution < -0.4 is 10.3 Å². The van der Waals surface area contributed by atoms with Crippen LogP contribution in [0.3, 0.4) is 0 Å². The fourth-order valence-corrected chi connectivity index (χ4v) is 4.99. The van der Waals surface area contributed by atoms with Gasteiger partial charge >= 0.3 is 0 Å². The number of amides is 1. The van der Waals surface area contributed by atoms with Crippen molar-refractivity contribution in [2.24, 2.45) is 0 Å². The van der Waals surface area contributed by atoms with Crippen molar-refractivity contribution in [1.82, 2.24) is 24.4 Å². The molecule has 3 heterocycles. The normalized spacial score (nSPS) is 11.4. The van der Waals surface area contributed by atoms with E-state index in [4.69, 9.17) is 4.74 Å². The topological polar surface area (TPSA) is 93.1 Å². The number of H-pyrrole nitrogens is 1. The molecule has 0 aliphatic heterocycles. The molecule has 1 N–H and O–H groups in total. The molecule has 3 aromatic heterocycles. The van der Waals surface area contributed by atoms with Crippen LogP contribution in [-0.4, -0.2) is 50.5 Å². The van der Waals surface area contributed by atoms with Crippen LogP contribution in [0.25, 0.3) is 28.1 Å². The van der Waals surface area contributed by atoms with E-state index in [0.717, 1.165) is 16.9 Å². The number of carbonyl (C=O) groups is 1. The molecule has 0 fully saturated rings. The van der Waals surface area contributed by atoms with Crippen LogP contribution in [0.15, 0.2) is 35.5 Å². The largest absolute Gasteiger partial charge is 0.495 e. The number of nitrogens with one attached hydrogen (secondary N) is 1. The molecule has 176 valence electrons. The quantitative estimate of drug-likeness (QED) is 0.425. The number of nitrogens with zero attached hydrogens (tertiary/aromatic N) is 4. The van der Waals surface area contributed by atoms with Gasteiger partial charge in [-0.05, 0) is 57.0 Å². The molecule has 0 bridgehead atoms. The van der Waals surface area contributed by atoms with Gasteiger partial charge in [-0.15, -0.1) is 11.3 Å². The number of benzene rings is 1. The van der Waals surface area contributed by atoms with E-state index in [2.05, 4.69) is 15.0 Å². The van der Waals surface area contributed by atoms with Gasteiger partial charge < -0.3 is 19.2 Å². The van der Waals surface area contributed by atoms with Crippen molar-refractivity contribution >= 4 is 39.6 Å². The first-order valence-electron chi connectivity index (χ1n) is 11.1. The summed E-state index contributed by atoms with van der Waals surface area (Å²) in [6.07, 6.45) is 7.28. The Kier molecular flexibility index (Phi) is 6.65. The Morgan fingerprint density at radius 2 is 2.00 bits per heavy atom. The highest BCUT2D eigenvalue weighted by Gasteiger charge is 2.22. The van der Waals surface area contributed by atoms with Crippen LogP contribution in [-0.2, 0) is 0 Å². The van der Waals surface area contributed by atoms with Gasteiger partial charge in [-0.2, -0.15) is 0 Å². The molecule has 34 heavy (non-hydrogen) atoms. The molecule has 0 aliphatic rings. The third kappa shape index (κ3) is 4.38. The van der Waals surface area contributed by atoms with Gasteiger partial charge in [-0.25, -0.2) is 9.97 Å². The lowest BCUT2D eigenvalue weighted by Crippen LogP contribution is -2.30. The van der Waals surface area contributed by atoms with Crippen LogP contribution >= 0.6 is 11.3 Å². The maximum Gasteiger partial charge on any atom is 0.264 e. The number of hydrogen-bond acceptors (Lipinski definition) is 6. The number of aromatic amines is 1. The fraction of sp³-hybridized carbons (Fsp3) is 0.280. The first-order chi connectivity index (χ1) is 16.4. The Bertz CT molecular complexity index is 1440. The first-order valence-corrected chi connectivity index (χ1v) is 11.9. The summed E-state index contributed by atoms with van der Waals surface area (Å²) in [6.45, 7) is 8.85. The minimum atomic E-state index is -0.250. The SMILES string of the molecule is CCN(CC)C(=O)c1sc2nc(/C=C/c3ccc(-n4cnc(C)c4)c(OC)c3)[nH]c(=O)c2c1C. The summed E-state index contributed by atoms with van der Waals surface area (Å²) >= 11 is 1.26. The van der Waals surface area contributed by atoms with E-state index in [1.807, 2.05) is 55.8 Å². The standard InChI is InChI=1S/C25H27N5O3S/c1-6-29(7-2)25(32)22-16(4)21-23(31)27-20(28-24(21)34-22)11-9-17-8-10-18(19(12-17)33-5)30-13-15(3)26-14-30/h8-14H,6-7H2,1-5H3,(H,27,28,31)/b11-9+. The highest BCUT2D eigenvalue weighted by Crippen LogP contribution is 2.29. The summed E-state index contributed by atoms with van der Waals surface area (Å²) in [5.74, 6) is 1.06. The van der Waals surface area contributed by atoms with Crippen LogP contribution in [0.4, 0.5) is 0 Å². The van der Waals surface area contributed by atoms with E-state index < -0.39 is 0 Å². The number of ether oxygens (including phenoxy) is 1. The summed E-state index contributed by atoms with van der Waals surface area (Å²) in [6, 6.07) is 5.82. The number of carbonyl (C=O) groups excluding carboxylic acids is 1. The van der Waals surface area contributed by atoms with Crippen LogP contribution in [0, 0.1) is 13.8 Å². The molecule has 9 heteroatoms. The van der Waals surface area contributed by atoms with E-state index in [9.17, 15) is 9.59 Å². The molecule has 0 atom stereocenters. The lowest BCUT2D eigenvalue weighted by Gasteiger charge is -2.17. The number of imidazole rings is 1. The monoisotopic (exact) mass is 477 g/mol. The highest BCUT2D eigenvalue weighted by molar-refractivity contribution is 7.20. The van der Waals surface area contributed by atoms with E-state index in [1.165, 1.54) is 11.3 Å². The number of rotatable bonds is 7. The summed E-state index contributed by atoms with van der Waals surface area (Å²) in [7, 11) is 1.62. The molecule has 4 aromatic rings. The molecule has 4 rings (SSSR count). The Morgan fingerprint density at radius 3 is 2.65 bits per heavy atom. The maximum atomic E-state index is 12.9. The maximum absolute atomic E-state index is 12.9. The Labute approximate surface area is 201 Å². The fourth-order valence-electron chi connectivity index (χ4n) is 3.84. The Hall–Kier alpha value is -3.72. The molecule has 1 aromatic carbocycles. The van der Waals surface area contributed by atoms with Crippen molar-refractivity contribution in [3.63, 3.8) is 0 Å². The highest BCUT2D eigenvalue weighted by atomic mass is 32.1. The van der Waals surface area contributed by atoms with Crippen molar-refractivity contribution in [1.29, 1.82) is 0 Å². The van der Waals surface area contributed by atoms with Gasteiger partial charge in [-0.3, -0.25) is 9.59 Å². The summed E-state index contributed by atoms with van der Waals surface area (Å²) in [4.78, 5) is 40.2. The zero-order valence-electron chi connectivity index (χ0n) is 19.9. The van der Waals surface area contributed by atoms with Gasteiger partial charge in [0.2, 0.25) is 0 Å². The molecule has 0 unspecified atom stereocenters. The van der Waals surface area contributed by atoms with Crippen molar-refractivity contribution < 1.29 is 9.53 Å². The van der Waals surface area contributed by atoms with E-state index in [1.54, 1.807) is 31.3 Å². The zero-order valence-corrected chi connectivity index (χ0v) is 20.7. The lowest BCUT2D eigenvalue weighted by atomic mass is 10.1. The number of thiophene rings is 1. The summed E-state index contributed by atoms with van der Waals surface area (Å²) in [5, 5.41) is 0.472. The molecular formula is C25H27N5O3S. The minimum absolute atomic E-state index is 0.0673. The van der Waals surface area contributed by atoms with Crippen molar-refractivity contribution in [3.05, 3.63) is 68.6 Å². The second kappa shape index (κ2) is 9.64. The van der Waals surface area contributed by atoms with Crippen LogP contribution in [0.1, 0.15) is 46.2 Å². The van der Waals surface area contributed by atoms with Gasteiger partial charge in [-0.1, -0.05) is 12.1 Å². The Morgan fingerprint density at radius 1 is 1.24 bits per heavy atom. The van der Waals surface area contributed by atoms with E-state index in [-0.39, 0.29) is 11.5 Å². The van der Waals surface area contributed by atoms with Gasteiger partial charge in [0.25, 0.3) is 11.5 Å². The number of hydrogen-bond donors (Lipinski definition) is 1. The molecule has 8 nitrogen and oxygen atoms in total. The van der Waals surface area contributed by atoms with Gasteiger partial charge in [0.05, 0.1) is 35.1 Å². The van der Waals surface area contributed by atoms with E-state index >= 15 is 0 Å². The van der Waals surface area contributed by atoms with E-state index in [0.29, 0.717) is 45.3 Å². The summed E-state index contributed by atoms with van der Waals surface area (Å²) in [5.41, 5.74) is 3.12. The van der Waals surface area contributed by atoms with Crippen molar-refractivity contribution in [2.45, 2.75) is 27.7 Å². The molecular weight excluding hydrogens is 450 g/mol. The van der Waals surface area contributed by atoms with Gasteiger partial charge in [0.15, 0.2) is 0 Å². The molecule has 0 saturated heterocycles. The molecule has 0 saturated carbocycles. The first kappa shape index (κ1) is 23.4. The van der Waals surface area contributed by atoms with Crippen LogP contribution in [0.5, 0.6) is 5.75 Å². The molecule has 0 radical (unpaired) electrons. The van der Waals surface area contributed by atoms with Gasteiger partial charge in [0, 0.05) is 19.3 Å². The van der Waals surface area contributed by atoms with Crippen molar-refractivity contribution in [2.75, 3.05) is 20.2 Å². The zero-order chi connectivity index (χ0) is 24.4. The van der Waals surface area contributed by atoms with Gasteiger partial charge in [0.1, 0.15) is 16.4 Å². The number of methoxy groups -OCH3 is 1. The molecule has 0 aliphatic carbocycles. The van der Waals surface area contributed by atoms with Crippen LogP contribution in [0.2, 0.25) is 0 Å². The van der Waals surface area contributed by atoms with Crippen molar-refractivity contribution in [3.8, 4) is 11.4 Å². The molecule has 0 spiro atoms. The second-order valence-corrected chi connectivity index (χ2v) is 8.85. The summed E-state index contributed by atoms with van der Waals surface area (Å²) < 4.78 is 7.47. The third-order valence-corrected chi connectivity index (χ3v) is 6.86. The second-order valence-electron chi connectivity index (χ2n) is 7.85. The minimum Gasteiger partial charge on any atom is -0.495 e.